The summed E-state index contributed by atoms with van der Waals surface area (Å²) in [6, 6.07) is 11.0. The molecular formula is C17H22N4. The number of aromatic nitrogens is 2. The third kappa shape index (κ3) is 3.39. The Balaban J connectivity index is 1.86. The van der Waals surface area contributed by atoms with Crippen molar-refractivity contribution >= 4 is 5.69 Å². The Morgan fingerprint density at radius 3 is 2.81 bits per heavy atom. The molecule has 3 rings (SSSR count). The zero-order valence-electron chi connectivity index (χ0n) is 12.5. The van der Waals surface area contributed by atoms with Gasteiger partial charge in [0.05, 0.1) is 6.54 Å². The molecule has 0 spiro atoms. The van der Waals surface area contributed by atoms with Gasteiger partial charge >= 0.3 is 0 Å². The number of para-hydroxylation sites is 1. The first-order valence-electron chi connectivity index (χ1n) is 7.69. The molecule has 0 amide bonds. The van der Waals surface area contributed by atoms with Crippen molar-refractivity contribution in [2.45, 2.75) is 38.9 Å². The minimum absolute atomic E-state index is 0.520. The van der Waals surface area contributed by atoms with Crippen LogP contribution in [-0.4, -0.2) is 22.6 Å². The molecule has 1 aliphatic rings. The first-order valence-corrected chi connectivity index (χ1v) is 7.69. The Kier molecular flexibility index (Phi) is 4.46. The first kappa shape index (κ1) is 14.0. The van der Waals surface area contributed by atoms with E-state index in [0.717, 1.165) is 25.5 Å². The van der Waals surface area contributed by atoms with Crippen molar-refractivity contribution in [2.24, 2.45) is 0 Å². The van der Waals surface area contributed by atoms with Gasteiger partial charge in [-0.1, -0.05) is 31.5 Å². The van der Waals surface area contributed by atoms with Gasteiger partial charge in [0.25, 0.3) is 0 Å². The molecule has 0 radical (unpaired) electrons. The molecule has 0 saturated heterocycles. The van der Waals surface area contributed by atoms with E-state index in [2.05, 4.69) is 51.4 Å². The Labute approximate surface area is 126 Å². The van der Waals surface area contributed by atoms with Gasteiger partial charge in [0, 0.05) is 37.2 Å². The number of benzene rings is 1. The summed E-state index contributed by atoms with van der Waals surface area (Å²) in [5.74, 6) is 0.879. The van der Waals surface area contributed by atoms with Crippen LogP contribution in [0, 0.1) is 0 Å². The van der Waals surface area contributed by atoms with Crippen molar-refractivity contribution in [2.75, 3.05) is 11.4 Å². The van der Waals surface area contributed by atoms with Crippen molar-refractivity contribution in [3.05, 3.63) is 54.1 Å². The molecule has 1 aromatic heterocycles. The number of nitrogens with zero attached hydrogens (tertiary/aromatic N) is 3. The zero-order chi connectivity index (χ0) is 14.5. The standard InChI is InChI=1S/C17H22N4/c1-2-6-15-12-21(13-17-18-9-5-10-19-17)16-8-4-3-7-14(16)11-20-15/h3-5,7-10,15,20H,2,6,11-13H2,1H3. The summed E-state index contributed by atoms with van der Waals surface area (Å²) >= 11 is 0. The summed E-state index contributed by atoms with van der Waals surface area (Å²) in [7, 11) is 0. The lowest BCUT2D eigenvalue weighted by Gasteiger charge is -2.27. The quantitative estimate of drug-likeness (QED) is 0.936. The molecule has 1 aromatic carbocycles. The third-order valence-corrected chi connectivity index (χ3v) is 3.94. The Hall–Kier alpha value is -1.94. The average Bonchev–Trinajstić information content (AvgIpc) is 2.69. The molecule has 1 N–H and O–H groups in total. The van der Waals surface area contributed by atoms with E-state index in [0.29, 0.717) is 6.04 Å². The molecule has 2 aromatic rings. The topological polar surface area (TPSA) is 41.1 Å². The Morgan fingerprint density at radius 2 is 2.00 bits per heavy atom. The number of hydrogen-bond acceptors (Lipinski definition) is 4. The van der Waals surface area contributed by atoms with Crippen LogP contribution in [0.25, 0.3) is 0 Å². The molecule has 0 fully saturated rings. The minimum atomic E-state index is 0.520. The molecule has 4 heteroatoms. The predicted molar refractivity (Wildman–Crippen MR) is 85.1 cm³/mol. The molecule has 1 aliphatic heterocycles. The highest BCUT2D eigenvalue weighted by atomic mass is 15.2. The van der Waals surface area contributed by atoms with Gasteiger partial charge in [-0.05, 0) is 24.1 Å². The van der Waals surface area contributed by atoms with Crippen molar-refractivity contribution in [1.29, 1.82) is 0 Å². The van der Waals surface area contributed by atoms with Crippen LogP contribution in [-0.2, 0) is 13.1 Å². The highest BCUT2D eigenvalue weighted by molar-refractivity contribution is 5.54. The van der Waals surface area contributed by atoms with Crippen LogP contribution in [0.4, 0.5) is 5.69 Å². The van der Waals surface area contributed by atoms with E-state index in [1.165, 1.54) is 24.1 Å². The fraction of sp³-hybridized carbons (Fsp3) is 0.412. The third-order valence-electron chi connectivity index (χ3n) is 3.94. The summed E-state index contributed by atoms with van der Waals surface area (Å²) < 4.78 is 0. The highest BCUT2D eigenvalue weighted by Gasteiger charge is 2.21. The number of fused-ring (bicyclic) bond motifs is 1. The molecule has 0 bridgehead atoms. The lowest BCUT2D eigenvalue weighted by Crippen LogP contribution is -2.38. The van der Waals surface area contributed by atoms with E-state index in [9.17, 15) is 0 Å². The van der Waals surface area contributed by atoms with E-state index in [1.807, 2.05) is 18.5 Å². The maximum Gasteiger partial charge on any atom is 0.147 e. The SMILES string of the molecule is CCCC1CN(Cc2ncccn2)c2ccccc2CN1. The van der Waals surface area contributed by atoms with E-state index < -0.39 is 0 Å². The van der Waals surface area contributed by atoms with Crippen LogP contribution in [0.1, 0.15) is 31.2 Å². The zero-order valence-corrected chi connectivity index (χ0v) is 12.5. The van der Waals surface area contributed by atoms with Crippen molar-refractivity contribution in [1.82, 2.24) is 15.3 Å². The number of hydrogen-bond donors (Lipinski definition) is 1. The van der Waals surface area contributed by atoms with E-state index in [4.69, 9.17) is 0 Å². The summed E-state index contributed by atoms with van der Waals surface area (Å²) in [6.45, 7) is 4.94. The fourth-order valence-electron chi connectivity index (χ4n) is 2.93. The second-order valence-corrected chi connectivity index (χ2v) is 5.54. The minimum Gasteiger partial charge on any atom is -0.362 e. The number of rotatable bonds is 4. The molecule has 110 valence electrons. The van der Waals surface area contributed by atoms with Crippen molar-refractivity contribution < 1.29 is 0 Å². The number of anilines is 1. The molecule has 0 saturated carbocycles. The monoisotopic (exact) mass is 282 g/mol. The highest BCUT2D eigenvalue weighted by Crippen LogP contribution is 2.25. The molecule has 2 heterocycles. The molecule has 1 unspecified atom stereocenters. The van der Waals surface area contributed by atoms with Crippen LogP contribution in [0.2, 0.25) is 0 Å². The maximum absolute atomic E-state index is 4.37. The molecule has 0 aliphatic carbocycles. The normalized spacial score (nSPS) is 18.1. The van der Waals surface area contributed by atoms with Crippen molar-refractivity contribution in [3.8, 4) is 0 Å². The van der Waals surface area contributed by atoms with E-state index >= 15 is 0 Å². The summed E-state index contributed by atoms with van der Waals surface area (Å²) in [6.07, 6.45) is 6.02. The summed E-state index contributed by atoms with van der Waals surface area (Å²) in [4.78, 5) is 11.2. The van der Waals surface area contributed by atoms with Gasteiger partial charge in [0.1, 0.15) is 5.82 Å². The maximum atomic E-state index is 4.37. The van der Waals surface area contributed by atoms with Crippen molar-refractivity contribution in [3.63, 3.8) is 0 Å². The molecule has 1 atom stereocenters. The van der Waals surface area contributed by atoms with Crippen LogP contribution in [0.3, 0.4) is 0 Å². The molecule has 4 nitrogen and oxygen atoms in total. The van der Waals surface area contributed by atoms with Gasteiger partial charge < -0.3 is 10.2 Å². The fourth-order valence-corrected chi connectivity index (χ4v) is 2.93. The van der Waals surface area contributed by atoms with Gasteiger partial charge in [-0.3, -0.25) is 0 Å². The van der Waals surface area contributed by atoms with Gasteiger partial charge in [0.15, 0.2) is 0 Å². The largest absolute Gasteiger partial charge is 0.362 e. The lowest BCUT2D eigenvalue weighted by atomic mass is 10.1. The molecule has 21 heavy (non-hydrogen) atoms. The van der Waals surface area contributed by atoms with Gasteiger partial charge in [0.2, 0.25) is 0 Å². The Morgan fingerprint density at radius 1 is 1.19 bits per heavy atom. The second-order valence-electron chi connectivity index (χ2n) is 5.54. The number of nitrogens with one attached hydrogen (secondary N) is 1. The van der Waals surface area contributed by atoms with Crippen LogP contribution in [0.15, 0.2) is 42.7 Å². The summed E-state index contributed by atoms with van der Waals surface area (Å²) in [5.41, 5.74) is 2.66. The summed E-state index contributed by atoms with van der Waals surface area (Å²) in [5, 5.41) is 3.67. The van der Waals surface area contributed by atoms with Crippen LogP contribution in [0.5, 0.6) is 0 Å². The predicted octanol–water partition coefficient (Wildman–Crippen LogP) is 2.76. The second kappa shape index (κ2) is 6.68. The van der Waals surface area contributed by atoms with Gasteiger partial charge in [-0.15, -0.1) is 0 Å². The first-order chi connectivity index (χ1) is 10.4. The van der Waals surface area contributed by atoms with Crippen LogP contribution < -0.4 is 10.2 Å². The molecular weight excluding hydrogens is 260 g/mol. The lowest BCUT2D eigenvalue weighted by molar-refractivity contribution is 0.478. The van der Waals surface area contributed by atoms with Crippen LogP contribution >= 0.6 is 0 Å². The Bertz CT molecular complexity index is 570. The van der Waals surface area contributed by atoms with E-state index in [-0.39, 0.29) is 0 Å². The van der Waals surface area contributed by atoms with Gasteiger partial charge in [-0.2, -0.15) is 0 Å². The van der Waals surface area contributed by atoms with E-state index in [1.54, 1.807) is 0 Å². The smallest absolute Gasteiger partial charge is 0.147 e. The van der Waals surface area contributed by atoms with Gasteiger partial charge in [-0.25, -0.2) is 9.97 Å². The average molecular weight is 282 g/mol.